The quantitative estimate of drug-likeness (QED) is 0.0321. The van der Waals surface area contributed by atoms with Crippen LogP contribution in [-0.4, -0.2) is 47.4 Å². The van der Waals surface area contributed by atoms with Gasteiger partial charge in [-0.05, 0) is 57.8 Å². The maximum Gasteiger partial charge on any atom is 0.305 e. The van der Waals surface area contributed by atoms with Gasteiger partial charge in [0.25, 0.3) is 0 Å². The lowest BCUT2D eigenvalue weighted by molar-refractivity contribution is -0.143. The smallest absolute Gasteiger partial charge is 0.305 e. The summed E-state index contributed by atoms with van der Waals surface area (Å²) in [6.07, 6.45) is 73.9. The van der Waals surface area contributed by atoms with Gasteiger partial charge in [-0.1, -0.05) is 301 Å². The maximum atomic E-state index is 12.4. The van der Waals surface area contributed by atoms with Crippen LogP contribution in [0.25, 0.3) is 0 Å². The third-order valence-corrected chi connectivity index (χ3v) is 14.7. The monoisotopic (exact) mass is 986 g/mol. The molecule has 2 atom stereocenters. The molecule has 414 valence electrons. The lowest BCUT2D eigenvalue weighted by Crippen LogP contribution is -2.45. The lowest BCUT2D eigenvalue weighted by atomic mass is 10.0. The zero-order chi connectivity index (χ0) is 50.7. The molecule has 0 saturated heterocycles. The number of aliphatic hydroxyl groups excluding tert-OH is 2. The number of aliphatic hydroxyl groups is 2. The highest BCUT2D eigenvalue weighted by Gasteiger charge is 2.18. The number of ether oxygens (including phenoxy) is 1. The summed E-state index contributed by atoms with van der Waals surface area (Å²) < 4.78 is 5.50. The predicted molar refractivity (Wildman–Crippen MR) is 306 cm³/mol. The first-order valence-electron chi connectivity index (χ1n) is 31.6. The van der Waals surface area contributed by atoms with E-state index < -0.39 is 12.1 Å². The van der Waals surface area contributed by atoms with E-state index in [9.17, 15) is 19.8 Å². The van der Waals surface area contributed by atoms with E-state index in [1.165, 1.54) is 283 Å². The first kappa shape index (κ1) is 68.3. The molecular formula is C64H123NO5. The van der Waals surface area contributed by atoms with Crippen molar-refractivity contribution in [2.24, 2.45) is 0 Å². The van der Waals surface area contributed by atoms with Crippen molar-refractivity contribution in [2.45, 2.75) is 360 Å². The molecule has 0 aliphatic rings. The molecule has 0 rings (SSSR count). The Morgan fingerprint density at radius 1 is 0.386 bits per heavy atom. The van der Waals surface area contributed by atoms with Crippen molar-refractivity contribution in [2.75, 3.05) is 13.2 Å². The Morgan fingerprint density at radius 3 is 1.01 bits per heavy atom. The topological polar surface area (TPSA) is 95.9 Å². The summed E-state index contributed by atoms with van der Waals surface area (Å²) in [5.41, 5.74) is 0. The fraction of sp³-hybridized carbons (Fsp3) is 0.906. The van der Waals surface area contributed by atoms with Gasteiger partial charge in [0.2, 0.25) is 5.91 Å². The Morgan fingerprint density at radius 2 is 0.671 bits per heavy atom. The first-order chi connectivity index (χ1) is 34.5. The Hall–Kier alpha value is -1.66. The summed E-state index contributed by atoms with van der Waals surface area (Å²) in [6.45, 7) is 4.90. The highest BCUT2D eigenvalue weighted by atomic mass is 16.5. The summed E-state index contributed by atoms with van der Waals surface area (Å²) in [5, 5.41) is 22.9. The van der Waals surface area contributed by atoms with Crippen LogP contribution < -0.4 is 5.32 Å². The lowest BCUT2D eigenvalue weighted by Gasteiger charge is -2.20. The third kappa shape index (κ3) is 55.7. The van der Waals surface area contributed by atoms with Gasteiger partial charge < -0.3 is 20.3 Å². The van der Waals surface area contributed by atoms with Crippen molar-refractivity contribution in [3.63, 3.8) is 0 Å². The minimum absolute atomic E-state index is 0.0191. The normalized spacial score (nSPS) is 12.7. The molecule has 0 aromatic rings. The van der Waals surface area contributed by atoms with Crippen LogP contribution in [0.5, 0.6) is 0 Å². The Labute approximate surface area is 437 Å². The van der Waals surface area contributed by atoms with E-state index in [4.69, 9.17) is 4.74 Å². The second-order valence-electron chi connectivity index (χ2n) is 21.7. The van der Waals surface area contributed by atoms with Crippen molar-refractivity contribution < 1.29 is 24.5 Å². The van der Waals surface area contributed by atoms with E-state index >= 15 is 0 Å². The molecule has 0 saturated carbocycles. The number of carbonyl (C=O) groups excluding carboxylic acids is 2. The van der Waals surface area contributed by atoms with E-state index in [-0.39, 0.29) is 18.5 Å². The molecule has 6 nitrogen and oxygen atoms in total. The Kier molecular flexibility index (Phi) is 58.5. The minimum atomic E-state index is -0.841. The van der Waals surface area contributed by atoms with Crippen molar-refractivity contribution >= 4 is 11.9 Å². The number of allylic oxidation sites excluding steroid dienone is 3. The van der Waals surface area contributed by atoms with E-state index in [0.29, 0.717) is 19.4 Å². The number of carbonyl (C=O) groups is 2. The molecule has 6 heteroatoms. The fourth-order valence-electron chi connectivity index (χ4n) is 9.87. The van der Waals surface area contributed by atoms with Gasteiger partial charge in [-0.2, -0.15) is 0 Å². The first-order valence-corrected chi connectivity index (χ1v) is 31.6. The third-order valence-electron chi connectivity index (χ3n) is 14.7. The molecule has 0 heterocycles. The van der Waals surface area contributed by atoms with Gasteiger partial charge in [0.05, 0.1) is 25.4 Å². The van der Waals surface area contributed by atoms with Crippen LogP contribution >= 0.6 is 0 Å². The van der Waals surface area contributed by atoms with Gasteiger partial charge in [0, 0.05) is 12.8 Å². The molecule has 0 aromatic heterocycles. The highest BCUT2D eigenvalue weighted by molar-refractivity contribution is 5.76. The highest BCUT2D eigenvalue weighted by Crippen LogP contribution is 2.17. The van der Waals surface area contributed by atoms with Gasteiger partial charge >= 0.3 is 5.97 Å². The molecule has 3 N–H and O–H groups in total. The van der Waals surface area contributed by atoms with Crippen molar-refractivity contribution in [3.05, 3.63) is 24.3 Å². The summed E-state index contributed by atoms with van der Waals surface area (Å²) >= 11 is 0. The van der Waals surface area contributed by atoms with Crippen LogP contribution in [-0.2, 0) is 14.3 Å². The molecule has 2 unspecified atom stereocenters. The standard InChI is InChI=1S/C64H123NO5/c1-3-5-7-9-11-13-14-15-16-32-35-38-42-46-50-54-58-64(69)70-59-55-51-47-43-39-36-33-30-28-26-24-22-20-18-17-19-21-23-25-27-29-31-34-37-41-45-49-53-57-63(68)65-61(60-66)62(67)56-52-48-44-40-12-10-8-6-4-2/h17-18,52,56,61-62,66-67H,3-16,19-51,53-55,57-60H2,1-2H3,(H,65,68)/b18-17-,56-52+. The molecule has 0 aliphatic carbocycles. The number of hydrogen-bond donors (Lipinski definition) is 3. The fourth-order valence-corrected chi connectivity index (χ4v) is 9.87. The van der Waals surface area contributed by atoms with Crippen LogP contribution in [0.3, 0.4) is 0 Å². The van der Waals surface area contributed by atoms with Crippen molar-refractivity contribution in [3.8, 4) is 0 Å². The van der Waals surface area contributed by atoms with Crippen molar-refractivity contribution in [1.82, 2.24) is 5.32 Å². The number of nitrogens with one attached hydrogen (secondary N) is 1. The second-order valence-corrected chi connectivity index (χ2v) is 21.7. The molecule has 1 amide bonds. The number of rotatable bonds is 59. The Bertz CT molecular complexity index is 1090. The van der Waals surface area contributed by atoms with Crippen molar-refractivity contribution in [1.29, 1.82) is 0 Å². The zero-order valence-electron chi connectivity index (χ0n) is 47.3. The van der Waals surface area contributed by atoms with E-state index in [2.05, 4.69) is 31.3 Å². The predicted octanol–water partition coefficient (Wildman–Crippen LogP) is 19.8. The van der Waals surface area contributed by atoms with E-state index in [0.717, 1.165) is 38.5 Å². The Balaban J connectivity index is 3.34. The van der Waals surface area contributed by atoms with E-state index in [1.54, 1.807) is 6.08 Å². The SMILES string of the molecule is CCCCCCCCC/C=C/C(O)C(CO)NC(=O)CCCCCCCCCCCCCC/C=C\CCCCCCCCCCCCCCOC(=O)CCCCCCCCCCCCCCCCCC. The summed E-state index contributed by atoms with van der Waals surface area (Å²) in [4.78, 5) is 24.5. The molecular weight excluding hydrogens is 863 g/mol. The van der Waals surface area contributed by atoms with Gasteiger partial charge in [0.1, 0.15) is 0 Å². The van der Waals surface area contributed by atoms with E-state index in [1.807, 2.05) is 6.08 Å². The van der Waals surface area contributed by atoms with Crippen LogP contribution in [0, 0.1) is 0 Å². The summed E-state index contributed by atoms with van der Waals surface area (Å²) in [5.74, 6) is -0.0506. The van der Waals surface area contributed by atoms with Gasteiger partial charge in [-0.3, -0.25) is 9.59 Å². The summed E-state index contributed by atoms with van der Waals surface area (Å²) in [6, 6.07) is -0.625. The van der Waals surface area contributed by atoms with Crippen LogP contribution in [0.1, 0.15) is 348 Å². The molecule has 0 radical (unpaired) electrons. The number of hydrogen-bond acceptors (Lipinski definition) is 5. The average molecular weight is 987 g/mol. The molecule has 0 bridgehead atoms. The number of esters is 1. The molecule has 0 spiro atoms. The van der Waals surface area contributed by atoms with Gasteiger partial charge in [-0.25, -0.2) is 0 Å². The van der Waals surface area contributed by atoms with Gasteiger partial charge in [-0.15, -0.1) is 0 Å². The zero-order valence-corrected chi connectivity index (χ0v) is 47.3. The molecule has 0 aliphatic heterocycles. The maximum absolute atomic E-state index is 12.4. The molecule has 70 heavy (non-hydrogen) atoms. The van der Waals surface area contributed by atoms with Crippen LogP contribution in [0.4, 0.5) is 0 Å². The number of amides is 1. The minimum Gasteiger partial charge on any atom is -0.466 e. The number of unbranched alkanes of at least 4 members (excludes halogenated alkanes) is 46. The molecule has 0 aromatic carbocycles. The second kappa shape index (κ2) is 59.9. The largest absolute Gasteiger partial charge is 0.466 e. The van der Waals surface area contributed by atoms with Crippen LogP contribution in [0.15, 0.2) is 24.3 Å². The van der Waals surface area contributed by atoms with Crippen LogP contribution in [0.2, 0.25) is 0 Å². The summed E-state index contributed by atoms with van der Waals surface area (Å²) in [7, 11) is 0. The van der Waals surface area contributed by atoms with Gasteiger partial charge in [0.15, 0.2) is 0 Å². The molecule has 0 fully saturated rings. The average Bonchev–Trinajstić information content (AvgIpc) is 3.36.